The monoisotopic (exact) mass is 451 g/mol. The molecule has 0 aromatic heterocycles. The molecule has 0 bridgehead atoms. The van der Waals surface area contributed by atoms with E-state index in [1.165, 1.54) is 36.3 Å². The van der Waals surface area contributed by atoms with E-state index >= 15 is 0 Å². The molecular formula is C22H26ClNO5S. The molecule has 30 heavy (non-hydrogen) atoms. The average Bonchev–Trinajstić information content (AvgIpc) is 3.25. The summed E-state index contributed by atoms with van der Waals surface area (Å²) in [6.07, 6.45) is 1.98. The summed E-state index contributed by atoms with van der Waals surface area (Å²) < 4.78 is 36.4. The van der Waals surface area contributed by atoms with Crippen LogP contribution >= 0.6 is 11.6 Å². The second-order valence-electron chi connectivity index (χ2n) is 7.47. The quantitative estimate of drug-likeness (QED) is 0.633. The van der Waals surface area contributed by atoms with E-state index in [0.29, 0.717) is 42.2 Å². The first kappa shape index (κ1) is 22.4. The van der Waals surface area contributed by atoms with E-state index in [-0.39, 0.29) is 11.4 Å². The van der Waals surface area contributed by atoms with Crippen molar-refractivity contribution in [3.63, 3.8) is 0 Å². The molecule has 0 atom stereocenters. The molecular weight excluding hydrogens is 426 g/mol. The molecule has 3 rings (SSSR count). The van der Waals surface area contributed by atoms with Crippen LogP contribution in [0.5, 0.6) is 11.5 Å². The molecule has 162 valence electrons. The van der Waals surface area contributed by atoms with Gasteiger partial charge in [-0.3, -0.25) is 4.79 Å². The number of hydrogen-bond acceptors (Lipinski definition) is 5. The number of carbonyl (C=O) groups excluding carboxylic acids is 1. The van der Waals surface area contributed by atoms with Gasteiger partial charge in [-0.05, 0) is 43.2 Å². The number of hydrogen-bond donors (Lipinski definition) is 0. The molecule has 0 heterocycles. The molecule has 0 aliphatic heterocycles. The van der Waals surface area contributed by atoms with Crippen LogP contribution in [0.4, 0.5) is 0 Å². The highest BCUT2D eigenvalue weighted by molar-refractivity contribution is 7.93. The fourth-order valence-corrected chi connectivity index (χ4v) is 6.42. The minimum absolute atomic E-state index is 0.120. The van der Waals surface area contributed by atoms with Gasteiger partial charge < -0.3 is 14.4 Å². The predicted molar refractivity (Wildman–Crippen MR) is 116 cm³/mol. The van der Waals surface area contributed by atoms with Crippen molar-refractivity contribution in [1.29, 1.82) is 0 Å². The third-order valence-electron chi connectivity index (χ3n) is 5.68. The number of para-hydroxylation sites is 1. The Labute approximate surface area is 182 Å². The van der Waals surface area contributed by atoms with E-state index in [9.17, 15) is 13.2 Å². The lowest BCUT2D eigenvalue weighted by Crippen LogP contribution is -2.51. The van der Waals surface area contributed by atoms with Gasteiger partial charge in [0.1, 0.15) is 0 Å². The minimum atomic E-state index is -3.89. The summed E-state index contributed by atoms with van der Waals surface area (Å²) in [4.78, 5) is 15.1. The number of sulfone groups is 1. The molecule has 1 amide bonds. The van der Waals surface area contributed by atoms with Crippen molar-refractivity contribution in [2.24, 2.45) is 0 Å². The Kier molecular flexibility index (Phi) is 6.62. The lowest BCUT2D eigenvalue weighted by molar-refractivity contribution is -0.133. The molecule has 2 aromatic carbocycles. The summed E-state index contributed by atoms with van der Waals surface area (Å²) >= 11 is 5.92. The minimum Gasteiger partial charge on any atom is -0.493 e. The zero-order chi connectivity index (χ0) is 21.9. The molecule has 0 saturated heterocycles. The van der Waals surface area contributed by atoms with Crippen LogP contribution in [0.15, 0.2) is 47.4 Å². The van der Waals surface area contributed by atoms with E-state index in [1.807, 2.05) is 12.1 Å². The fourth-order valence-electron chi connectivity index (χ4n) is 4.14. The van der Waals surface area contributed by atoms with Gasteiger partial charge in [-0.1, -0.05) is 36.6 Å². The predicted octanol–water partition coefficient (Wildman–Crippen LogP) is 4.10. The standard InChI is InChI=1S/C22H26ClNO5S/c1-24(15-16-7-6-8-19(28-2)20(16)29-3)21(25)22(13-4-5-14-22)30(26,27)18-11-9-17(23)10-12-18/h6-12H,4-5,13-15H2,1-3H3. The molecule has 1 fully saturated rings. The van der Waals surface area contributed by atoms with E-state index in [0.717, 1.165) is 5.56 Å². The smallest absolute Gasteiger partial charge is 0.244 e. The van der Waals surface area contributed by atoms with E-state index in [2.05, 4.69) is 0 Å². The van der Waals surface area contributed by atoms with Crippen LogP contribution in [-0.4, -0.2) is 45.2 Å². The molecule has 0 N–H and O–H groups in total. The Morgan fingerprint density at radius 2 is 1.70 bits per heavy atom. The number of nitrogens with zero attached hydrogens (tertiary/aromatic N) is 1. The maximum absolute atomic E-state index is 13.6. The van der Waals surface area contributed by atoms with E-state index in [1.54, 1.807) is 20.2 Å². The summed E-state index contributed by atoms with van der Waals surface area (Å²) in [7, 11) is 0.815. The zero-order valence-corrected chi connectivity index (χ0v) is 18.9. The van der Waals surface area contributed by atoms with Crippen molar-refractivity contribution in [1.82, 2.24) is 4.90 Å². The van der Waals surface area contributed by atoms with Crippen LogP contribution in [0.1, 0.15) is 31.2 Å². The Hall–Kier alpha value is -2.25. The number of rotatable bonds is 7. The molecule has 6 nitrogen and oxygen atoms in total. The highest BCUT2D eigenvalue weighted by Gasteiger charge is 2.54. The highest BCUT2D eigenvalue weighted by atomic mass is 35.5. The number of halogens is 1. The first-order chi connectivity index (χ1) is 14.3. The van der Waals surface area contributed by atoms with Crippen LogP contribution in [0, 0.1) is 0 Å². The van der Waals surface area contributed by atoms with Gasteiger partial charge in [-0.25, -0.2) is 8.42 Å². The lowest BCUT2D eigenvalue weighted by Gasteiger charge is -2.32. The third-order valence-corrected chi connectivity index (χ3v) is 8.43. The van der Waals surface area contributed by atoms with Crippen LogP contribution in [0.2, 0.25) is 5.02 Å². The van der Waals surface area contributed by atoms with Crippen LogP contribution in [0.25, 0.3) is 0 Å². The maximum atomic E-state index is 13.6. The molecule has 1 aliphatic carbocycles. The Bertz CT molecular complexity index is 1010. The van der Waals surface area contributed by atoms with Crippen LogP contribution < -0.4 is 9.47 Å². The fraction of sp³-hybridized carbons (Fsp3) is 0.409. The van der Waals surface area contributed by atoms with Gasteiger partial charge in [0.15, 0.2) is 26.1 Å². The van der Waals surface area contributed by atoms with Gasteiger partial charge in [-0.15, -0.1) is 0 Å². The van der Waals surface area contributed by atoms with Crippen molar-refractivity contribution in [2.75, 3.05) is 21.3 Å². The topological polar surface area (TPSA) is 72.9 Å². The molecule has 1 aliphatic rings. The molecule has 0 radical (unpaired) electrons. The Balaban J connectivity index is 1.95. The van der Waals surface area contributed by atoms with Gasteiger partial charge in [0.05, 0.1) is 19.1 Å². The number of ether oxygens (including phenoxy) is 2. The summed E-state index contributed by atoms with van der Waals surface area (Å²) in [5, 5.41) is 0.447. The van der Waals surface area contributed by atoms with Crippen molar-refractivity contribution in [3.05, 3.63) is 53.1 Å². The van der Waals surface area contributed by atoms with Gasteiger partial charge in [0, 0.05) is 24.2 Å². The third kappa shape index (κ3) is 3.88. The molecule has 0 unspecified atom stereocenters. The summed E-state index contributed by atoms with van der Waals surface area (Å²) in [5.41, 5.74) is 0.740. The normalized spacial score (nSPS) is 15.6. The van der Waals surface area contributed by atoms with Gasteiger partial charge >= 0.3 is 0 Å². The average molecular weight is 452 g/mol. The van der Waals surface area contributed by atoms with Crippen molar-refractivity contribution >= 4 is 27.3 Å². The van der Waals surface area contributed by atoms with Crippen molar-refractivity contribution in [2.45, 2.75) is 41.9 Å². The van der Waals surface area contributed by atoms with Crippen molar-refractivity contribution < 1.29 is 22.7 Å². The zero-order valence-electron chi connectivity index (χ0n) is 17.4. The number of amides is 1. The second kappa shape index (κ2) is 8.86. The SMILES string of the molecule is COc1cccc(CN(C)C(=O)C2(S(=O)(=O)c3ccc(Cl)cc3)CCCC2)c1OC. The Morgan fingerprint density at radius 3 is 2.27 bits per heavy atom. The number of carbonyl (C=O) groups is 1. The van der Waals surface area contributed by atoms with Crippen LogP contribution in [-0.2, 0) is 21.2 Å². The summed E-state index contributed by atoms with van der Waals surface area (Å²) in [5.74, 6) is 0.681. The second-order valence-corrected chi connectivity index (χ2v) is 10.2. The van der Waals surface area contributed by atoms with Crippen LogP contribution in [0.3, 0.4) is 0 Å². The van der Waals surface area contributed by atoms with Crippen molar-refractivity contribution in [3.8, 4) is 11.5 Å². The molecule has 2 aromatic rings. The summed E-state index contributed by atoms with van der Waals surface area (Å²) in [6.45, 7) is 0.205. The van der Waals surface area contributed by atoms with Gasteiger partial charge in [0.2, 0.25) is 5.91 Å². The first-order valence-corrected chi connectivity index (χ1v) is 11.6. The summed E-state index contributed by atoms with van der Waals surface area (Å²) in [6, 6.07) is 11.4. The molecule has 1 saturated carbocycles. The van der Waals surface area contributed by atoms with E-state index in [4.69, 9.17) is 21.1 Å². The molecule has 0 spiro atoms. The largest absolute Gasteiger partial charge is 0.493 e. The van der Waals surface area contributed by atoms with E-state index < -0.39 is 20.5 Å². The molecule has 8 heteroatoms. The lowest BCUT2D eigenvalue weighted by atomic mass is 10.0. The number of benzene rings is 2. The first-order valence-electron chi connectivity index (χ1n) is 9.72. The van der Waals surface area contributed by atoms with Gasteiger partial charge in [-0.2, -0.15) is 0 Å². The Morgan fingerprint density at radius 1 is 1.07 bits per heavy atom. The van der Waals surface area contributed by atoms with Gasteiger partial charge in [0.25, 0.3) is 0 Å². The maximum Gasteiger partial charge on any atom is 0.244 e. The highest BCUT2D eigenvalue weighted by Crippen LogP contribution is 2.42. The number of methoxy groups -OCH3 is 2.